The van der Waals surface area contributed by atoms with Crippen LogP contribution in [0.5, 0.6) is 0 Å². The maximum absolute atomic E-state index is 2.48. The van der Waals surface area contributed by atoms with E-state index in [9.17, 15) is 0 Å². The zero-order valence-electron chi connectivity index (χ0n) is 32.2. The lowest BCUT2D eigenvalue weighted by Crippen LogP contribution is -2.14. The summed E-state index contributed by atoms with van der Waals surface area (Å²) in [5, 5.41) is 12.9. The van der Waals surface area contributed by atoms with Gasteiger partial charge in [-0.15, -0.1) is 0 Å². The van der Waals surface area contributed by atoms with Crippen LogP contribution in [-0.4, -0.2) is 0 Å². The molecule has 0 heterocycles. The van der Waals surface area contributed by atoms with E-state index in [1.54, 1.807) is 0 Å². The van der Waals surface area contributed by atoms with Crippen molar-refractivity contribution in [3.05, 3.63) is 192 Å². The Bertz CT molecular complexity index is 3350. The van der Waals surface area contributed by atoms with Crippen LogP contribution in [0.3, 0.4) is 0 Å². The molecule has 2 aliphatic carbocycles. The van der Waals surface area contributed by atoms with Crippen molar-refractivity contribution in [3.8, 4) is 44.5 Å². The first-order chi connectivity index (χ1) is 27.2. The van der Waals surface area contributed by atoms with Gasteiger partial charge in [0.2, 0.25) is 0 Å². The summed E-state index contributed by atoms with van der Waals surface area (Å²) >= 11 is 0. The van der Waals surface area contributed by atoms with Crippen LogP contribution < -0.4 is 0 Å². The van der Waals surface area contributed by atoms with Gasteiger partial charge in [0, 0.05) is 10.8 Å². The van der Waals surface area contributed by atoms with Gasteiger partial charge in [-0.05, 0) is 157 Å². The second-order valence-corrected chi connectivity index (χ2v) is 17.3. The van der Waals surface area contributed by atoms with E-state index in [1.165, 1.54) is 121 Å². The van der Waals surface area contributed by atoms with Gasteiger partial charge in [-0.25, -0.2) is 0 Å². The fraction of sp³-hybridized carbons (Fsp3) is 0.107. The first kappa shape index (κ1) is 31.8. The predicted molar refractivity (Wildman–Crippen MR) is 240 cm³/mol. The minimum Gasteiger partial charge on any atom is -0.0619 e. The van der Waals surface area contributed by atoms with Crippen LogP contribution in [0.2, 0.25) is 0 Å². The standard InChI is InChI=1S/C56H40/c1-55(2)51-11-7-5-9-43(51)45-26-23-39(31-53(45)55)38-19-15-35-22-24-41-42(47(35)28-38)25-21-34-14-18-36(27-46(34)41)37-17-13-33-16-20-40-30-50-44-10-6-8-12-52(44)56(3,4)54(50)32-49(40)48(33)29-37/h5-32H,1-4H3. The van der Waals surface area contributed by atoms with Gasteiger partial charge in [-0.1, -0.05) is 161 Å². The predicted octanol–water partition coefficient (Wildman–Crippen LogP) is 15.4. The van der Waals surface area contributed by atoms with Crippen molar-refractivity contribution in [3.63, 3.8) is 0 Å². The molecule has 0 radical (unpaired) electrons. The molecule has 0 spiro atoms. The summed E-state index contributed by atoms with van der Waals surface area (Å²) in [6, 6.07) is 64.7. The molecular weight excluding hydrogens is 673 g/mol. The molecule has 0 aliphatic heterocycles. The lowest BCUT2D eigenvalue weighted by atomic mass is 9.81. The molecule has 0 nitrogen and oxygen atoms in total. The van der Waals surface area contributed by atoms with E-state index in [1.807, 2.05) is 0 Å². The lowest BCUT2D eigenvalue weighted by Gasteiger charge is -2.22. The van der Waals surface area contributed by atoms with Gasteiger partial charge >= 0.3 is 0 Å². The highest BCUT2D eigenvalue weighted by Crippen LogP contribution is 2.51. The van der Waals surface area contributed by atoms with Crippen LogP contribution in [0.25, 0.3) is 98.4 Å². The Kier molecular flexibility index (Phi) is 6.28. The Balaban J connectivity index is 0.981. The zero-order chi connectivity index (χ0) is 37.5. The average molecular weight is 713 g/mol. The molecule has 10 aromatic carbocycles. The van der Waals surface area contributed by atoms with Gasteiger partial charge in [0.1, 0.15) is 0 Å². The summed E-state index contributed by atoms with van der Waals surface area (Å²) in [7, 11) is 0. The zero-order valence-corrected chi connectivity index (χ0v) is 32.2. The van der Waals surface area contributed by atoms with E-state index in [0.717, 1.165) is 0 Å². The fourth-order valence-corrected chi connectivity index (χ4v) is 10.5. The first-order valence-electron chi connectivity index (χ1n) is 20.0. The molecular formula is C56H40. The molecule has 0 saturated heterocycles. The number of hydrogen-bond acceptors (Lipinski definition) is 0. The molecule has 12 rings (SSSR count). The van der Waals surface area contributed by atoms with Crippen molar-refractivity contribution < 1.29 is 0 Å². The van der Waals surface area contributed by atoms with Crippen LogP contribution in [0.1, 0.15) is 49.9 Å². The SMILES string of the molecule is CC1(C)c2ccccc2-c2ccc(-c3ccc4ccc5c6cc(-c7ccc8ccc9cc%10c(cc9c8c7)C(C)(C)c7ccccc7-%10)ccc6ccc5c4c3)cc21. The van der Waals surface area contributed by atoms with Gasteiger partial charge in [0.15, 0.2) is 0 Å². The summed E-state index contributed by atoms with van der Waals surface area (Å²) in [4.78, 5) is 0. The number of benzene rings is 10. The van der Waals surface area contributed by atoms with E-state index in [-0.39, 0.29) is 10.8 Å². The molecule has 10 aromatic rings. The average Bonchev–Trinajstić information content (AvgIpc) is 3.60. The molecule has 0 amide bonds. The fourth-order valence-electron chi connectivity index (χ4n) is 10.5. The number of hydrogen-bond donors (Lipinski definition) is 0. The topological polar surface area (TPSA) is 0 Å². The summed E-state index contributed by atoms with van der Waals surface area (Å²) in [5.41, 5.74) is 16.1. The Morgan fingerprint density at radius 3 is 1.20 bits per heavy atom. The van der Waals surface area contributed by atoms with Gasteiger partial charge < -0.3 is 0 Å². The van der Waals surface area contributed by atoms with Gasteiger partial charge in [-0.2, -0.15) is 0 Å². The third-order valence-electron chi connectivity index (χ3n) is 13.6. The molecule has 0 aromatic heterocycles. The lowest BCUT2D eigenvalue weighted by molar-refractivity contribution is 0.660. The number of fused-ring (bicyclic) bond motifs is 14. The third kappa shape index (κ3) is 4.30. The van der Waals surface area contributed by atoms with Crippen LogP contribution in [-0.2, 0) is 10.8 Å². The van der Waals surface area contributed by atoms with Crippen LogP contribution in [0, 0.1) is 0 Å². The minimum absolute atomic E-state index is 0.0240. The van der Waals surface area contributed by atoms with Crippen LogP contribution >= 0.6 is 0 Å². The van der Waals surface area contributed by atoms with E-state index in [4.69, 9.17) is 0 Å². The van der Waals surface area contributed by atoms with Crippen molar-refractivity contribution in [2.24, 2.45) is 0 Å². The molecule has 0 atom stereocenters. The molecule has 2 aliphatic rings. The van der Waals surface area contributed by atoms with Crippen molar-refractivity contribution in [1.82, 2.24) is 0 Å². The van der Waals surface area contributed by atoms with Crippen LogP contribution in [0.15, 0.2) is 170 Å². The molecule has 0 unspecified atom stereocenters. The summed E-state index contributed by atoms with van der Waals surface area (Å²) in [6.45, 7) is 9.46. The van der Waals surface area contributed by atoms with Gasteiger partial charge in [0.25, 0.3) is 0 Å². The van der Waals surface area contributed by atoms with Crippen molar-refractivity contribution in [2.45, 2.75) is 38.5 Å². The molecule has 0 fully saturated rings. The molecule has 0 bridgehead atoms. The van der Waals surface area contributed by atoms with Gasteiger partial charge in [-0.3, -0.25) is 0 Å². The second kappa shape index (κ2) is 11.1. The highest BCUT2D eigenvalue weighted by atomic mass is 14.4. The summed E-state index contributed by atoms with van der Waals surface area (Å²) < 4.78 is 0. The van der Waals surface area contributed by atoms with E-state index in [2.05, 4.69) is 198 Å². The summed E-state index contributed by atoms with van der Waals surface area (Å²) in [5.74, 6) is 0. The Hall–Kier alpha value is -6.50. The van der Waals surface area contributed by atoms with Crippen molar-refractivity contribution in [1.29, 1.82) is 0 Å². The smallest absolute Gasteiger partial charge is 0.0159 e. The minimum atomic E-state index is -0.0329. The molecule has 0 saturated carbocycles. The molecule has 0 N–H and O–H groups in total. The van der Waals surface area contributed by atoms with Crippen molar-refractivity contribution >= 4 is 53.9 Å². The Morgan fingerprint density at radius 1 is 0.250 bits per heavy atom. The molecule has 0 heteroatoms. The van der Waals surface area contributed by atoms with Crippen LogP contribution in [0.4, 0.5) is 0 Å². The maximum atomic E-state index is 2.48. The normalized spacial score (nSPS) is 14.7. The molecule has 56 heavy (non-hydrogen) atoms. The second-order valence-electron chi connectivity index (χ2n) is 17.3. The van der Waals surface area contributed by atoms with Gasteiger partial charge in [0.05, 0.1) is 0 Å². The van der Waals surface area contributed by atoms with E-state index < -0.39 is 0 Å². The molecule has 264 valence electrons. The van der Waals surface area contributed by atoms with E-state index >= 15 is 0 Å². The van der Waals surface area contributed by atoms with Crippen molar-refractivity contribution in [2.75, 3.05) is 0 Å². The summed E-state index contributed by atoms with van der Waals surface area (Å²) in [6.07, 6.45) is 0. The van der Waals surface area contributed by atoms with E-state index in [0.29, 0.717) is 0 Å². The largest absolute Gasteiger partial charge is 0.0619 e. The quantitative estimate of drug-likeness (QED) is 0.157. The highest BCUT2D eigenvalue weighted by molar-refractivity contribution is 6.18. The number of rotatable bonds is 2. The Labute approximate surface area is 327 Å². The maximum Gasteiger partial charge on any atom is 0.0159 e. The first-order valence-corrected chi connectivity index (χ1v) is 20.0. The monoisotopic (exact) mass is 712 g/mol. The Morgan fingerprint density at radius 2 is 0.625 bits per heavy atom. The third-order valence-corrected chi connectivity index (χ3v) is 13.6. The highest BCUT2D eigenvalue weighted by Gasteiger charge is 2.36.